The number of hydrogen-bond donors (Lipinski definition) is 1. The van der Waals surface area contributed by atoms with Crippen LogP contribution in [0.5, 0.6) is 5.75 Å². The van der Waals surface area contributed by atoms with Gasteiger partial charge in [-0.15, -0.1) is 12.4 Å². The number of aromatic nitrogens is 2. The van der Waals surface area contributed by atoms with Gasteiger partial charge in [-0.1, -0.05) is 18.0 Å². The van der Waals surface area contributed by atoms with Gasteiger partial charge in [0.05, 0.1) is 18.2 Å². The van der Waals surface area contributed by atoms with E-state index in [4.69, 9.17) is 15.0 Å². The third-order valence-corrected chi connectivity index (χ3v) is 4.67. The molecule has 1 fully saturated rings. The van der Waals surface area contributed by atoms with E-state index in [1.807, 2.05) is 18.2 Å². The lowest BCUT2D eigenvalue weighted by molar-refractivity contribution is 0.372. The molecule has 0 bridgehead atoms. The minimum absolute atomic E-state index is 0. The van der Waals surface area contributed by atoms with E-state index in [9.17, 15) is 0 Å². The highest BCUT2D eigenvalue weighted by Gasteiger charge is 2.36. The van der Waals surface area contributed by atoms with Crippen LogP contribution in [0, 0.1) is 3.57 Å². The summed E-state index contributed by atoms with van der Waals surface area (Å²) < 4.78 is 11.6. The molecule has 2 N–H and O–H groups in total. The Morgan fingerprint density at radius 1 is 1.33 bits per heavy atom. The number of rotatable bonds is 3. The van der Waals surface area contributed by atoms with Crippen LogP contribution in [0.3, 0.4) is 0 Å². The molecule has 0 unspecified atom stereocenters. The molecule has 3 rings (SSSR count). The van der Waals surface area contributed by atoms with Gasteiger partial charge < -0.3 is 15.0 Å². The molecule has 1 aliphatic carbocycles. The maximum atomic E-state index is 6.35. The van der Waals surface area contributed by atoms with Crippen molar-refractivity contribution in [2.45, 2.75) is 31.2 Å². The van der Waals surface area contributed by atoms with Crippen molar-refractivity contribution in [1.29, 1.82) is 0 Å². The van der Waals surface area contributed by atoms with Crippen LogP contribution in [0.25, 0.3) is 11.5 Å². The van der Waals surface area contributed by atoms with Gasteiger partial charge in [-0.2, -0.15) is 4.98 Å². The Balaban J connectivity index is 0.00000161. The highest BCUT2D eigenvalue weighted by Crippen LogP contribution is 2.36. The molecular weight excluding hydrogens is 405 g/mol. The normalized spacial score (nSPS) is 16.5. The Hall–Kier alpha value is -0.860. The number of methoxy groups -OCH3 is 1. The van der Waals surface area contributed by atoms with Gasteiger partial charge in [0.1, 0.15) is 5.75 Å². The second-order valence-corrected chi connectivity index (χ2v) is 6.29. The van der Waals surface area contributed by atoms with Crippen LogP contribution in [0.15, 0.2) is 22.7 Å². The standard InChI is InChI=1S/C14H16IN3O2.ClH/c1-19-9-4-5-10(11(15)8-9)12-17-13(18-20-12)14(16)6-2-3-7-14;/h4-5,8H,2-3,6-7,16H2,1H3;1H. The lowest BCUT2D eigenvalue weighted by Crippen LogP contribution is -2.34. The number of hydrogen-bond acceptors (Lipinski definition) is 5. The second-order valence-electron chi connectivity index (χ2n) is 5.13. The molecule has 0 atom stereocenters. The molecule has 7 heteroatoms. The summed E-state index contributed by atoms with van der Waals surface area (Å²) in [6.45, 7) is 0. The zero-order valence-electron chi connectivity index (χ0n) is 11.6. The Kier molecular flexibility index (Phi) is 5.11. The first-order chi connectivity index (χ1) is 9.62. The van der Waals surface area contributed by atoms with Crippen molar-refractivity contribution in [3.8, 4) is 17.2 Å². The average molecular weight is 422 g/mol. The van der Waals surface area contributed by atoms with Gasteiger partial charge in [0, 0.05) is 3.57 Å². The Bertz CT molecular complexity index is 626. The summed E-state index contributed by atoms with van der Waals surface area (Å²) in [5.74, 6) is 1.95. The maximum absolute atomic E-state index is 6.35. The van der Waals surface area contributed by atoms with Crippen molar-refractivity contribution in [2.75, 3.05) is 7.11 Å². The van der Waals surface area contributed by atoms with Crippen molar-refractivity contribution in [3.05, 3.63) is 27.6 Å². The third-order valence-electron chi connectivity index (χ3n) is 3.77. The maximum Gasteiger partial charge on any atom is 0.259 e. The van der Waals surface area contributed by atoms with Gasteiger partial charge in [-0.05, 0) is 53.6 Å². The van der Waals surface area contributed by atoms with Crippen molar-refractivity contribution in [2.24, 2.45) is 5.73 Å². The SMILES string of the molecule is COc1ccc(-c2nc(C3(N)CCCC3)no2)c(I)c1.Cl. The predicted molar refractivity (Wildman–Crippen MR) is 90.6 cm³/mol. The lowest BCUT2D eigenvalue weighted by atomic mass is 9.99. The lowest BCUT2D eigenvalue weighted by Gasteiger charge is -2.17. The van der Waals surface area contributed by atoms with E-state index in [1.54, 1.807) is 7.11 Å². The summed E-state index contributed by atoms with van der Waals surface area (Å²) in [4.78, 5) is 4.50. The fraction of sp³-hybridized carbons (Fsp3) is 0.429. The molecule has 2 aromatic rings. The number of benzene rings is 1. The molecule has 0 spiro atoms. The fourth-order valence-electron chi connectivity index (χ4n) is 2.56. The molecular formula is C14H17ClIN3O2. The van der Waals surface area contributed by atoms with E-state index < -0.39 is 5.54 Å². The van der Waals surface area contributed by atoms with E-state index in [0.717, 1.165) is 40.6 Å². The Morgan fingerprint density at radius 2 is 2.05 bits per heavy atom. The van der Waals surface area contributed by atoms with Gasteiger partial charge in [-0.25, -0.2) is 0 Å². The van der Waals surface area contributed by atoms with E-state index in [2.05, 4.69) is 32.7 Å². The quantitative estimate of drug-likeness (QED) is 0.768. The molecule has 0 saturated heterocycles. The van der Waals surface area contributed by atoms with Gasteiger partial charge in [-0.3, -0.25) is 0 Å². The number of ether oxygens (including phenoxy) is 1. The van der Waals surface area contributed by atoms with Crippen LogP contribution >= 0.6 is 35.0 Å². The molecule has 21 heavy (non-hydrogen) atoms. The largest absolute Gasteiger partial charge is 0.497 e. The predicted octanol–water partition coefficient (Wildman–Crippen LogP) is 3.50. The van der Waals surface area contributed by atoms with Crippen molar-refractivity contribution >= 4 is 35.0 Å². The molecule has 0 amide bonds. The molecule has 1 aromatic carbocycles. The summed E-state index contributed by atoms with van der Waals surface area (Å²) in [5.41, 5.74) is 6.84. The van der Waals surface area contributed by atoms with Crippen LogP contribution in [-0.4, -0.2) is 17.3 Å². The first kappa shape index (κ1) is 16.5. The smallest absolute Gasteiger partial charge is 0.259 e. The van der Waals surface area contributed by atoms with Crippen LogP contribution in [-0.2, 0) is 5.54 Å². The van der Waals surface area contributed by atoms with Gasteiger partial charge >= 0.3 is 0 Å². The zero-order valence-corrected chi connectivity index (χ0v) is 14.6. The third kappa shape index (κ3) is 3.17. The summed E-state index contributed by atoms with van der Waals surface area (Å²) in [6.07, 6.45) is 4.10. The molecule has 1 aliphatic rings. The van der Waals surface area contributed by atoms with E-state index in [-0.39, 0.29) is 12.4 Å². The highest BCUT2D eigenvalue weighted by atomic mass is 127. The average Bonchev–Trinajstić information content (AvgIpc) is 3.08. The fourth-order valence-corrected chi connectivity index (χ4v) is 3.28. The summed E-state index contributed by atoms with van der Waals surface area (Å²) >= 11 is 2.23. The number of halogens is 2. The molecule has 114 valence electrons. The monoisotopic (exact) mass is 421 g/mol. The molecule has 1 heterocycles. The van der Waals surface area contributed by atoms with Crippen molar-refractivity contribution < 1.29 is 9.26 Å². The van der Waals surface area contributed by atoms with Crippen molar-refractivity contribution in [3.63, 3.8) is 0 Å². The molecule has 0 aliphatic heterocycles. The first-order valence-electron chi connectivity index (χ1n) is 6.59. The molecule has 0 radical (unpaired) electrons. The van der Waals surface area contributed by atoms with Crippen LogP contribution in [0.4, 0.5) is 0 Å². The van der Waals surface area contributed by atoms with E-state index in [0.29, 0.717) is 11.7 Å². The van der Waals surface area contributed by atoms with Crippen LogP contribution in [0.1, 0.15) is 31.5 Å². The number of nitrogens with zero attached hydrogens (tertiary/aromatic N) is 2. The van der Waals surface area contributed by atoms with E-state index >= 15 is 0 Å². The summed E-state index contributed by atoms with van der Waals surface area (Å²) in [6, 6.07) is 5.75. The number of nitrogens with two attached hydrogens (primary N) is 1. The van der Waals surface area contributed by atoms with Crippen LogP contribution in [0.2, 0.25) is 0 Å². The van der Waals surface area contributed by atoms with Crippen molar-refractivity contribution in [1.82, 2.24) is 10.1 Å². The molecule has 1 aromatic heterocycles. The van der Waals surface area contributed by atoms with Gasteiger partial charge in [0.15, 0.2) is 5.82 Å². The minimum atomic E-state index is -0.417. The molecule has 5 nitrogen and oxygen atoms in total. The highest BCUT2D eigenvalue weighted by molar-refractivity contribution is 14.1. The Morgan fingerprint density at radius 3 is 2.67 bits per heavy atom. The minimum Gasteiger partial charge on any atom is -0.497 e. The zero-order chi connectivity index (χ0) is 14.2. The van der Waals surface area contributed by atoms with Crippen LogP contribution < -0.4 is 10.5 Å². The Labute approximate surface area is 143 Å². The van der Waals surface area contributed by atoms with Gasteiger partial charge in [0.25, 0.3) is 5.89 Å². The second kappa shape index (κ2) is 6.50. The first-order valence-corrected chi connectivity index (χ1v) is 7.67. The van der Waals surface area contributed by atoms with Gasteiger partial charge in [0.2, 0.25) is 0 Å². The summed E-state index contributed by atoms with van der Waals surface area (Å²) in [7, 11) is 1.65. The topological polar surface area (TPSA) is 74.2 Å². The summed E-state index contributed by atoms with van der Waals surface area (Å²) in [5, 5.41) is 4.08. The van der Waals surface area contributed by atoms with E-state index in [1.165, 1.54) is 0 Å². The molecule has 1 saturated carbocycles.